The van der Waals surface area contributed by atoms with Gasteiger partial charge in [0.05, 0.1) is 18.8 Å². The molecule has 0 bridgehead atoms. The zero-order valence-corrected chi connectivity index (χ0v) is 22.3. The van der Waals surface area contributed by atoms with Crippen LogP contribution in [0.5, 0.6) is 0 Å². The Kier molecular flexibility index (Phi) is 6.48. The zero-order chi connectivity index (χ0) is 25.0. The van der Waals surface area contributed by atoms with E-state index in [1.54, 1.807) is 14.0 Å². The number of hydrogen-bond donors (Lipinski definition) is 1. The van der Waals surface area contributed by atoms with E-state index in [-0.39, 0.29) is 30.0 Å². The lowest BCUT2D eigenvalue weighted by molar-refractivity contribution is -0.133. The number of allylic oxidation sites excluding steroid dienone is 1. The van der Waals surface area contributed by atoms with Crippen LogP contribution < -0.4 is 0 Å². The number of cyclic esters (lactones) is 1. The number of carbonyl (C=O) groups excluding carboxylic acids is 1. The minimum absolute atomic E-state index is 0.0770. The van der Waals surface area contributed by atoms with Crippen molar-refractivity contribution in [3.8, 4) is 0 Å². The van der Waals surface area contributed by atoms with E-state index >= 15 is 0 Å². The molecular weight excluding hydrogens is 454 g/mol. The first kappa shape index (κ1) is 24.5. The summed E-state index contributed by atoms with van der Waals surface area (Å²) in [6.45, 7) is 4.90. The van der Waals surface area contributed by atoms with Gasteiger partial charge >= 0.3 is 5.97 Å². The van der Waals surface area contributed by atoms with Gasteiger partial charge in [-0.15, -0.1) is 0 Å². The van der Waals surface area contributed by atoms with Gasteiger partial charge in [-0.25, -0.2) is 4.79 Å². The van der Waals surface area contributed by atoms with Gasteiger partial charge in [0.25, 0.3) is 0 Å². The SMILES string of the molecule is COC1=C(C)C(=O)OC1=C1OC2=CCCN3C(C(O)CC4CCCC45CCCC5)CCCC3C2C1C. The molecule has 4 aliphatic heterocycles. The molecule has 6 unspecified atom stereocenters. The summed E-state index contributed by atoms with van der Waals surface area (Å²) in [5, 5.41) is 11.7. The number of fused-ring (bicyclic) bond motifs is 3. The average Bonchev–Trinajstić information content (AvgIpc) is 3.61. The van der Waals surface area contributed by atoms with Crippen molar-refractivity contribution in [3.63, 3.8) is 0 Å². The normalized spacial score (nSPS) is 38.9. The van der Waals surface area contributed by atoms with E-state index in [4.69, 9.17) is 14.2 Å². The van der Waals surface area contributed by atoms with Gasteiger partial charge in [0, 0.05) is 30.5 Å². The summed E-state index contributed by atoms with van der Waals surface area (Å²) >= 11 is 0. The van der Waals surface area contributed by atoms with Gasteiger partial charge in [-0.3, -0.25) is 4.90 Å². The fourth-order valence-corrected chi connectivity index (χ4v) is 8.90. The Morgan fingerprint density at radius 3 is 2.69 bits per heavy atom. The molecule has 1 N–H and O–H groups in total. The highest BCUT2D eigenvalue weighted by Gasteiger charge is 2.51. The van der Waals surface area contributed by atoms with Crippen molar-refractivity contribution >= 4 is 5.97 Å². The smallest absolute Gasteiger partial charge is 0.343 e. The van der Waals surface area contributed by atoms with Gasteiger partial charge in [-0.2, -0.15) is 0 Å². The summed E-state index contributed by atoms with van der Waals surface area (Å²) < 4.78 is 17.6. The number of piperidine rings is 1. The summed E-state index contributed by atoms with van der Waals surface area (Å²) in [7, 11) is 1.58. The van der Waals surface area contributed by atoms with Crippen LogP contribution in [0, 0.1) is 23.2 Å². The second-order valence-electron chi connectivity index (χ2n) is 12.3. The van der Waals surface area contributed by atoms with Gasteiger partial charge in [-0.1, -0.05) is 32.6 Å². The van der Waals surface area contributed by atoms with Gasteiger partial charge in [-0.05, 0) is 75.7 Å². The van der Waals surface area contributed by atoms with Crippen molar-refractivity contribution in [1.82, 2.24) is 4.90 Å². The van der Waals surface area contributed by atoms with Crippen molar-refractivity contribution in [1.29, 1.82) is 0 Å². The first-order valence-electron chi connectivity index (χ1n) is 14.5. The Morgan fingerprint density at radius 2 is 1.92 bits per heavy atom. The van der Waals surface area contributed by atoms with E-state index in [9.17, 15) is 9.90 Å². The van der Waals surface area contributed by atoms with Crippen molar-refractivity contribution in [3.05, 3.63) is 34.7 Å². The molecule has 198 valence electrons. The van der Waals surface area contributed by atoms with Crippen LogP contribution in [-0.4, -0.2) is 47.8 Å². The first-order valence-corrected chi connectivity index (χ1v) is 14.5. The maximum Gasteiger partial charge on any atom is 0.343 e. The summed E-state index contributed by atoms with van der Waals surface area (Å²) in [6.07, 6.45) is 16.7. The third-order valence-electron chi connectivity index (χ3n) is 10.6. The fraction of sp³-hybridized carbons (Fsp3) is 0.767. The highest BCUT2D eigenvalue weighted by Crippen LogP contribution is 2.56. The Bertz CT molecular complexity index is 984. The second kappa shape index (κ2) is 9.50. The summed E-state index contributed by atoms with van der Waals surface area (Å²) in [6, 6.07) is 0.554. The molecule has 4 fully saturated rings. The molecule has 2 saturated carbocycles. The third kappa shape index (κ3) is 3.86. The van der Waals surface area contributed by atoms with Crippen LogP contribution in [0.25, 0.3) is 0 Å². The lowest BCUT2D eigenvalue weighted by Crippen LogP contribution is -2.55. The number of aliphatic hydroxyl groups is 1. The van der Waals surface area contributed by atoms with Gasteiger partial charge in [0.1, 0.15) is 5.76 Å². The molecule has 0 amide bonds. The number of rotatable bonds is 4. The Morgan fingerprint density at radius 1 is 1.14 bits per heavy atom. The molecule has 36 heavy (non-hydrogen) atoms. The Hall–Kier alpha value is -1.79. The number of hydrogen-bond acceptors (Lipinski definition) is 6. The van der Waals surface area contributed by atoms with E-state index in [2.05, 4.69) is 17.9 Å². The van der Waals surface area contributed by atoms with Crippen LogP contribution >= 0.6 is 0 Å². The van der Waals surface area contributed by atoms with Crippen molar-refractivity contribution in [2.45, 2.75) is 109 Å². The fourth-order valence-electron chi connectivity index (χ4n) is 8.90. The van der Waals surface area contributed by atoms with E-state index in [1.807, 2.05) is 0 Å². The monoisotopic (exact) mass is 497 g/mol. The maximum absolute atomic E-state index is 12.3. The van der Waals surface area contributed by atoms with E-state index in [1.165, 1.54) is 44.9 Å². The number of esters is 1. The van der Waals surface area contributed by atoms with Gasteiger partial charge in [0.15, 0.2) is 11.5 Å². The van der Waals surface area contributed by atoms with Crippen LogP contribution in [-0.2, 0) is 19.0 Å². The molecule has 0 radical (unpaired) electrons. The lowest BCUT2D eigenvalue weighted by Gasteiger charge is -2.47. The zero-order valence-electron chi connectivity index (χ0n) is 22.3. The first-order chi connectivity index (χ1) is 17.4. The molecule has 0 aromatic carbocycles. The highest BCUT2D eigenvalue weighted by atomic mass is 16.6. The van der Waals surface area contributed by atoms with Crippen LogP contribution in [0.1, 0.15) is 90.9 Å². The topological polar surface area (TPSA) is 68.2 Å². The highest BCUT2D eigenvalue weighted by molar-refractivity contribution is 5.93. The van der Waals surface area contributed by atoms with E-state index < -0.39 is 0 Å². The molecular formula is C30H43NO5. The molecule has 6 rings (SSSR count). The largest absolute Gasteiger partial charge is 0.492 e. The predicted octanol–water partition coefficient (Wildman–Crippen LogP) is 5.58. The second-order valence-corrected chi connectivity index (χ2v) is 12.3. The Balaban J connectivity index is 1.23. The molecule has 2 aliphatic carbocycles. The Labute approximate surface area is 215 Å². The number of ether oxygens (including phenoxy) is 3. The van der Waals surface area contributed by atoms with Crippen LogP contribution in [0.3, 0.4) is 0 Å². The van der Waals surface area contributed by atoms with E-state index in [0.717, 1.165) is 44.4 Å². The van der Waals surface area contributed by atoms with E-state index in [0.29, 0.717) is 40.2 Å². The standard InChI is InChI=1S/C30H43NO5/c1-18-25-22-11-6-10-21(23(32)17-20-9-7-15-30(20)13-4-5-14-30)31(22)16-8-12-24(25)35-27(18)28-26(34-3)19(2)29(33)36-28/h12,18,20-23,25,32H,4-11,13-17H2,1-3H3. The lowest BCUT2D eigenvalue weighted by atomic mass is 9.72. The minimum atomic E-state index is -0.361. The third-order valence-corrected chi connectivity index (χ3v) is 10.6. The molecule has 4 heterocycles. The van der Waals surface area contributed by atoms with Crippen molar-refractivity contribution in [2.24, 2.45) is 23.2 Å². The van der Waals surface area contributed by atoms with Crippen LogP contribution in [0.15, 0.2) is 34.7 Å². The minimum Gasteiger partial charge on any atom is -0.492 e. The molecule has 6 nitrogen and oxygen atoms in total. The van der Waals surface area contributed by atoms with Gasteiger partial charge < -0.3 is 19.3 Å². The number of carbonyl (C=O) groups is 1. The maximum atomic E-state index is 12.3. The molecule has 0 aromatic rings. The number of methoxy groups -OCH3 is 1. The number of aliphatic hydroxyl groups excluding tert-OH is 1. The molecule has 2 saturated heterocycles. The summed E-state index contributed by atoms with van der Waals surface area (Å²) in [5.41, 5.74) is 1.02. The number of nitrogens with zero attached hydrogens (tertiary/aromatic N) is 1. The summed E-state index contributed by atoms with van der Waals surface area (Å²) in [4.78, 5) is 14.9. The molecule has 1 spiro atoms. The van der Waals surface area contributed by atoms with Crippen LogP contribution in [0.2, 0.25) is 0 Å². The predicted molar refractivity (Wildman–Crippen MR) is 136 cm³/mol. The van der Waals surface area contributed by atoms with Crippen molar-refractivity contribution < 1.29 is 24.1 Å². The molecule has 6 heteroatoms. The molecule has 6 aliphatic rings. The summed E-state index contributed by atoms with van der Waals surface area (Å²) in [5.74, 6) is 3.27. The molecule has 6 atom stereocenters. The average molecular weight is 498 g/mol. The van der Waals surface area contributed by atoms with Crippen LogP contribution in [0.4, 0.5) is 0 Å². The van der Waals surface area contributed by atoms with Crippen molar-refractivity contribution in [2.75, 3.05) is 13.7 Å². The molecule has 0 aromatic heterocycles. The quantitative estimate of drug-likeness (QED) is 0.512. The van der Waals surface area contributed by atoms with Gasteiger partial charge in [0.2, 0.25) is 5.76 Å².